The lowest BCUT2D eigenvalue weighted by Crippen LogP contribution is -2.21. The van der Waals surface area contributed by atoms with E-state index in [2.05, 4.69) is 11.4 Å². The number of likely N-dealkylation sites (N-methyl/N-ethyl adjacent to an activating group) is 1. The predicted octanol–water partition coefficient (Wildman–Crippen LogP) is 2.09. The molecule has 0 amide bonds. The van der Waals surface area contributed by atoms with Gasteiger partial charge in [0.1, 0.15) is 5.75 Å². The summed E-state index contributed by atoms with van der Waals surface area (Å²) < 4.78 is 37.0. The summed E-state index contributed by atoms with van der Waals surface area (Å²) in [6.07, 6.45) is -4.07. The van der Waals surface area contributed by atoms with Crippen LogP contribution in [0, 0.1) is 0 Å². The molecule has 0 radical (unpaired) electrons. The zero-order valence-corrected chi connectivity index (χ0v) is 10.6. The standard InChI is InChI=1S/C10H15NO.C2HF3O2/c1-11-8-7-9-5-3-4-6-10(9)12-2;3-2(4,5)1(6)7/h3-6,11H,7-8H2,1-2H3;(H,6,7). The van der Waals surface area contributed by atoms with Gasteiger partial charge in [-0.05, 0) is 31.6 Å². The van der Waals surface area contributed by atoms with Gasteiger partial charge in [-0.1, -0.05) is 18.2 Å². The Hall–Kier alpha value is -1.76. The Kier molecular flexibility index (Phi) is 7.59. The van der Waals surface area contributed by atoms with Crippen LogP contribution in [-0.2, 0) is 11.2 Å². The molecule has 0 atom stereocenters. The second kappa shape index (κ2) is 8.36. The topological polar surface area (TPSA) is 58.6 Å². The van der Waals surface area contributed by atoms with Crippen molar-refractivity contribution in [3.63, 3.8) is 0 Å². The average Bonchev–Trinajstić information content (AvgIpc) is 2.36. The second-order valence-corrected chi connectivity index (χ2v) is 3.47. The molecular weight excluding hydrogens is 263 g/mol. The molecule has 2 N–H and O–H groups in total. The highest BCUT2D eigenvalue weighted by molar-refractivity contribution is 5.73. The van der Waals surface area contributed by atoms with Gasteiger partial charge >= 0.3 is 12.1 Å². The van der Waals surface area contributed by atoms with E-state index in [1.165, 1.54) is 5.56 Å². The zero-order valence-electron chi connectivity index (χ0n) is 10.6. The Morgan fingerprint density at radius 1 is 1.37 bits per heavy atom. The van der Waals surface area contributed by atoms with Crippen LogP contribution in [0.25, 0.3) is 0 Å². The van der Waals surface area contributed by atoms with E-state index in [0.29, 0.717) is 0 Å². The third-order valence-corrected chi connectivity index (χ3v) is 2.08. The largest absolute Gasteiger partial charge is 0.496 e. The number of carboxylic acid groups (broad SMARTS) is 1. The van der Waals surface area contributed by atoms with E-state index >= 15 is 0 Å². The molecule has 1 rings (SSSR count). The van der Waals surface area contributed by atoms with Gasteiger partial charge in [0.25, 0.3) is 0 Å². The molecule has 0 saturated carbocycles. The summed E-state index contributed by atoms with van der Waals surface area (Å²) in [5.74, 6) is -1.78. The monoisotopic (exact) mass is 279 g/mol. The maximum absolute atomic E-state index is 10.6. The fraction of sp³-hybridized carbons (Fsp3) is 0.417. The molecule has 0 heterocycles. The summed E-state index contributed by atoms with van der Waals surface area (Å²) in [5, 5.41) is 10.2. The smallest absolute Gasteiger partial charge is 0.490 e. The van der Waals surface area contributed by atoms with Crippen LogP contribution in [0.1, 0.15) is 5.56 Å². The van der Waals surface area contributed by atoms with Crippen molar-refractivity contribution in [2.24, 2.45) is 0 Å². The normalized spacial score (nSPS) is 10.4. The van der Waals surface area contributed by atoms with Gasteiger partial charge in [-0.2, -0.15) is 13.2 Å². The van der Waals surface area contributed by atoms with Crippen LogP contribution in [0.15, 0.2) is 24.3 Å². The van der Waals surface area contributed by atoms with Crippen molar-refractivity contribution in [2.75, 3.05) is 20.7 Å². The van der Waals surface area contributed by atoms with Crippen LogP contribution in [0.4, 0.5) is 13.2 Å². The van der Waals surface area contributed by atoms with Crippen molar-refractivity contribution >= 4 is 5.97 Å². The highest BCUT2D eigenvalue weighted by Gasteiger charge is 2.38. The average molecular weight is 279 g/mol. The molecule has 1 aromatic carbocycles. The number of para-hydroxylation sites is 1. The molecule has 1 aromatic rings. The summed E-state index contributed by atoms with van der Waals surface area (Å²) in [4.78, 5) is 8.90. The maximum atomic E-state index is 10.6. The van der Waals surface area contributed by atoms with E-state index in [9.17, 15) is 13.2 Å². The lowest BCUT2D eigenvalue weighted by atomic mass is 10.1. The highest BCUT2D eigenvalue weighted by Crippen LogP contribution is 2.17. The van der Waals surface area contributed by atoms with Crippen LogP contribution in [-0.4, -0.2) is 38.0 Å². The van der Waals surface area contributed by atoms with Gasteiger partial charge in [-0.25, -0.2) is 4.79 Å². The number of methoxy groups -OCH3 is 1. The number of rotatable bonds is 4. The first-order valence-corrected chi connectivity index (χ1v) is 5.39. The quantitative estimate of drug-likeness (QED) is 0.886. The summed E-state index contributed by atoms with van der Waals surface area (Å²) >= 11 is 0. The molecule has 0 saturated heterocycles. The third kappa shape index (κ3) is 7.30. The zero-order chi connectivity index (χ0) is 14.9. The van der Waals surface area contributed by atoms with Crippen molar-refractivity contribution in [2.45, 2.75) is 12.6 Å². The molecule has 0 unspecified atom stereocenters. The molecule has 0 aromatic heterocycles. The minimum atomic E-state index is -5.08. The fourth-order valence-electron chi connectivity index (χ4n) is 1.17. The van der Waals surface area contributed by atoms with Crippen LogP contribution >= 0.6 is 0 Å². The second-order valence-electron chi connectivity index (χ2n) is 3.47. The van der Waals surface area contributed by atoms with Gasteiger partial charge in [-0.3, -0.25) is 0 Å². The molecule has 0 aliphatic rings. The fourth-order valence-corrected chi connectivity index (χ4v) is 1.17. The molecule has 0 aliphatic carbocycles. The van der Waals surface area contributed by atoms with Crippen LogP contribution < -0.4 is 10.1 Å². The molecule has 0 fully saturated rings. The number of ether oxygens (including phenoxy) is 1. The van der Waals surface area contributed by atoms with Crippen molar-refractivity contribution in [3.8, 4) is 5.75 Å². The van der Waals surface area contributed by atoms with Gasteiger partial charge in [0, 0.05) is 0 Å². The van der Waals surface area contributed by atoms with Crippen molar-refractivity contribution in [1.82, 2.24) is 5.32 Å². The van der Waals surface area contributed by atoms with E-state index < -0.39 is 12.1 Å². The Morgan fingerprint density at radius 3 is 2.32 bits per heavy atom. The van der Waals surface area contributed by atoms with Gasteiger partial charge in [0.15, 0.2) is 0 Å². The van der Waals surface area contributed by atoms with Gasteiger partial charge in [0.05, 0.1) is 7.11 Å². The first-order valence-electron chi connectivity index (χ1n) is 5.39. The Balaban J connectivity index is 0.000000399. The Bertz CT molecular complexity index is 394. The lowest BCUT2D eigenvalue weighted by Gasteiger charge is -2.06. The Labute approximate surface area is 109 Å². The SMILES string of the molecule is CNCCc1ccccc1OC.O=C(O)C(F)(F)F. The first-order chi connectivity index (χ1) is 8.82. The molecule has 4 nitrogen and oxygen atoms in total. The summed E-state index contributed by atoms with van der Waals surface area (Å²) in [6, 6.07) is 8.11. The number of carboxylic acids is 1. The summed E-state index contributed by atoms with van der Waals surface area (Å²) in [7, 11) is 3.66. The van der Waals surface area contributed by atoms with Crippen LogP contribution in [0.2, 0.25) is 0 Å². The molecule has 7 heteroatoms. The summed E-state index contributed by atoms with van der Waals surface area (Å²) in [6.45, 7) is 0.986. The number of hydrogen-bond donors (Lipinski definition) is 2. The predicted molar refractivity (Wildman–Crippen MR) is 64.3 cm³/mol. The lowest BCUT2D eigenvalue weighted by molar-refractivity contribution is -0.192. The molecule has 19 heavy (non-hydrogen) atoms. The van der Waals surface area contributed by atoms with Crippen molar-refractivity contribution < 1.29 is 27.8 Å². The van der Waals surface area contributed by atoms with E-state index in [4.69, 9.17) is 14.6 Å². The minimum absolute atomic E-state index is 0.979. The molecule has 108 valence electrons. The van der Waals surface area contributed by atoms with E-state index in [-0.39, 0.29) is 0 Å². The molecule has 0 bridgehead atoms. The third-order valence-electron chi connectivity index (χ3n) is 2.08. The summed E-state index contributed by atoms with van der Waals surface area (Å²) in [5.41, 5.74) is 1.26. The number of benzene rings is 1. The number of hydrogen-bond acceptors (Lipinski definition) is 3. The number of halogens is 3. The Morgan fingerprint density at radius 2 is 1.89 bits per heavy atom. The van der Waals surface area contributed by atoms with Crippen LogP contribution in [0.3, 0.4) is 0 Å². The van der Waals surface area contributed by atoms with E-state index in [1.54, 1.807) is 7.11 Å². The molecular formula is C12H16F3NO3. The van der Waals surface area contributed by atoms with Crippen LogP contribution in [0.5, 0.6) is 5.75 Å². The number of nitrogens with one attached hydrogen (secondary N) is 1. The number of carbonyl (C=O) groups is 1. The maximum Gasteiger partial charge on any atom is 0.490 e. The van der Waals surface area contributed by atoms with Crippen molar-refractivity contribution in [1.29, 1.82) is 0 Å². The van der Waals surface area contributed by atoms with Gasteiger partial charge < -0.3 is 15.2 Å². The number of aliphatic carboxylic acids is 1. The highest BCUT2D eigenvalue weighted by atomic mass is 19.4. The van der Waals surface area contributed by atoms with Crippen molar-refractivity contribution in [3.05, 3.63) is 29.8 Å². The molecule has 0 spiro atoms. The molecule has 0 aliphatic heterocycles. The first kappa shape index (κ1) is 17.2. The van der Waals surface area contributed by atoms with E-state index in [0.717, 1.165) is 18.7 Å². The van der Waals surface area contributed by atoms with Gasteiger partial charge in [0.2, 0.25) is 0 Å². The minimum Gasteiger partial charge on any atom is -0.496 e. The van der Waals surface area contributed by atoms with Gasteiger partial charge in [-0.15, -0.1) is 0 Å². The number of alkyl halides is 3. The van der Waals surface area contributed by atoms with E-state index in [1.807, 2.05) is 25.2 Å².